The van der Waals surface area contributed by atoms with Gasteiger partial charge in [-0.2, -0.15) is 8.78 Å². The molecule has 0 radical (unpaired) electrons. The van der Waals surface area contributed by atoms with Crippen LogP contribution < -0.4 is 0 Å². The lowest BCUT2D eigenvalue weighted by molar-refractivity contribution is 0.0411. The molecule has 0 aliphatic heterocycles. The van der Waals surface area contributed by atoms with Gasteiger partial charge in [-0.3, -0.25) is 4.57 Å². The van der Waals surface area contributed by atoms with E-state index in [4.69, 9.17) is 0 Å². The Kier molecular flexibility index (Phi) is 6.18. The minimum absolute atomic E-state index is 0.0483. The normalized spacial score (nSPS) is 12.9. The zero-order chi connectivity index (χ0) is 12.1. The predicted molar refractivity (Wildman–Crippen MR) is 58.5 cm³/mol. The second-order valence-electron chi connectivity index (χ2n) is 2.69. The van der Waals surface area contributed by atoms with E-state index < -0.39 is 19.7 Å². The minimum atomic E-state index is -4.40. The quantitative estimate of drug-likeness (QED) is 0.663. The molecule has 0 atom stereocenters. The number of alkyl halides is 2. The van der Waals surface area contributed by atoms with Crippen LogP contribution in [-0.2, 0) is 13.6 Å². The number of halogens is 3. The number of allylic oxidation sites excluding steroid dienone is 1. The Morgan fingerprint density at radius 2 is 1.80 bits per heavy atom. The van der Waals surface area contributed by atoms with Crippen molar-refractivity contribution in [1.82, 2.24) is 0 Å². The maximum atomic E-state index is 13.5. The molecule has 7 heteroatoms. The van der Waals surface area contributed by atoms with Crippen molar-refractivity contribution >= 4 is 23.5 Å². The van der Waals surface area contributed by atoms with Crippen molar-refractivity contribution in [3.05, 3.63) is 11.1 Å². The maximum Gasteiger partial charge on any atom is 0.399 e. The summed E-state index contributed by atoms with van der Waals surface area (Å²) in [6, 6.07) is 0. The van der Waals surface area contributed by atoms with Gasteiger partial charge in [-0.1, -0.05) is 22.5 Å². The Labute approximate surface area is 96.5 Å². The number of hydrogen-bond acceptors (Lipinski definition) is 3. The summed E-state index contributed by atoms with van der Waals surface area (Å²) < 4.78 is 47.9. The second-order valence-corrected chi connectivity index (χ2v) is 5.98. The fraction of sp³-hybridized carbons (Fsp3) is 0.750. The molecule has 15 heavy (non-hydrogen) atoms. The van der Waals surface area contributed by atoms with Gasteiger partial charge in [-0.05, 0) is 18.3 Å². The lowest BCUT2D eigenvalue weighted by atomic mass is 10.4. The molecule has 0 spiro atoms. The van der Waals surface area contributed by atoms with Crippen LogP contribution in [0.25, 0.3) is 0 Å². The van der Waals surface area contributed by atoms with Gasteiger partial charge in [0.1, 0.15) is 0 Å². The van der Waals surface area contributed by atoms with Crippen LogP contribution in [-0.4, -0.2) is 18.9 Å². The first-order chi connectivity index (χ1) is 6.79. The zero-order valence-corrected chi connectivity index (χ0v) is 11.1. The lowest BCUT2D eigenvalue weighted by Crippen LogP contribution is -2.20. The van der Waals surface area contributed by atoms with Gasteiger partial charge < -0.3 is 9.05 Å². The number of hydrogen-bond donors (Lipinski definition) is 0. The van der Waals surface area contributed by atoms with E-state index in [1.54, 1.807) is 0 Å². The molecule has 0 unspecified atom stereocenters. The van der Waals surface area contributed by atoms with Crippen molar-refractivity contribution < 1.29 is 22.4 Å². The van der Waals surface area contributed by atoms with Gasteiger partial charge in [0.05, 0.1) is 19.6 Å². The lowest BCUT2D eigenvalue weighted by Gasteiger charge is -2.25. The Bertz CT molecular complexity index is 261. The Balaban J connectivity index is 4.87. The van der Waals surface area contributed by atoms with Crippen LogP contribution in [0.4, 0.5) is 8.78 Å². The third-order valence-corrected chi connectivity index (χ3v) is 3.84. The van der Waals surface area contributed by atoms with E-state index in [1.807, 2.05) is 0 Å². The first-order valence-corrected chi connectivity index (χ1v) is 6.73. The van der Waals surface area contributed by atoms with E-state index in [0.29, 0.717) is 0 Å². The van der Waals surface area contributed by atoms with E-state index in [2.05, 4.69) is 31.6 Å². The first-order valence-electron chi connectivity index (χ1n) is 4.39. The van der Waals surface area contributed by atoms with E-state index in [1.165, 1.54) is 13.8 Å². The van der Waals surface area contributed by atoms with Crippen LogP contribution in [0.2, 0.25) is 0 Å². The SMILES string of the molecule is C=C(Br)CC(F)(F)P(=O)(OCC)OCC. The summed E-state index contributed by atoms with van der Waals surface area (Å²) in [5.41, 5.74) is -3.56. The van der Waals surface area contributed by atoms with Crippen LogP contribution in [0.1, 0.15) is 20.3 Å². The molecule has 0 rings (SSSR count). The highest BCUT2D eigenvalue weighted by Crippen LogP contribution is 2.64. The maximum absolute atomic E-state index is 13.5. The summed E-state index contributed by atoms with van der Waals surface area (Å²) in [7, 11) is -4.40. The molecule has 0 saturated heterocycles. The average Bonchev–Trinajstić information content (AvgIpc) is 2.02. The molecule has 0 aromatic rings. The molecule has 0 saturated carbocycles. The Morgan fingerprint density at radius 3 is 2.07 bits per heavy atom. The second kappa shape index (κ2) is 6.09. The summed E-state index contributed by atoms with van der Waals surface area (Å²) >= 11 is 2.80. The predicted octanol–water partition coefficient (Wildman–Crippen LogP) is 4.14. The molecule has 0 heterocycles. The molecule has 90 valence electrons. The van der Waals surface area contributed by atoms with Gasteiger partial charge in [-0.15, -0.1) is 0 Å². The van der Waals surface area contributed by atoms with Gasteiger partial charge in [-0.25, -0.2) is 0 Å². The van der Waals surface area contributed by atoms with Crippen LogP contribution in [0.3, 0.4) is 0 Å². The van der Waals surface area contributed by atoms with Crippen molar-refractivity contribution in [2.75, 3.05) is 13.2 Å². The van der Waals surface area contributed by atoms with Crippen LogP contribution in [0, 0.1) is 0 Å². The number of rotatable bonds is 7. The summed E-state index contributed by atoms with van der Waals surface area (Å²) in [4.78, 5) is 0. The Morgan fingerprint density at radius 1 is 1.40 bits per heavy atom. The molecule has 0 fully saturated rings. The highest BCUT2D eigenvalue weighted by Gasteiger charge is 2.53. The van der Waals surface area contributed by atoms with Gasteiger partial charge in [0.2, 0.25) is 0 Å². The summed E-state index contributed by atoms with van der Waals surface area (Å²) in [5, 5.41) is 0. The highest BCUT2D eigenvalue weighted by molar-refractivity contribution is 9.11. The van der Waals surface area contributed by atoms with Crippen LogP contribution in [0.5, 0.6) is 0 Å². The molecule has 0 amide bonds. The molecule has 0 bridgehead atoms. The third kappa shape index (κ3) is 4.31. The smallest absolute Gasteiger partial charge is 0.305 e. The Hall–Kier alpha value is 0.230. The molecular weight excluding hydrogens is 293 g/mol. The van der Waals surface area contributed by atoms with Gasteiger partial charge in [0.25, 0.3) is 0 Å². The van der Waals surface area contributed by atoms with Gasteiger partial charge in [0.15, 0.2) is 0 Å². The minimum Gasteiger partial charge on any atom is -0.305 e. The summed E-state index contributed by atoms with van der Waals surface area (Å²) in [6.07, 6.45) is -0.774. The highest BCUT2D eigenvalue weighted by atomic mass is 79.9. The summed E-state index contributed by atoms with van der Waals surface area (Å²) in [6.45, 7) is 6.04. The summed E-state index contributed by atoms with van der Waals surface area (Å²) in [5.74, 6) is 0. The van der Waals surface area contributed by atoms with Gasteiger partial charge in [0, 0.05) is 0 Å². The monoisotopic (exact) mass is 306 g/mol. The fourth-order valence-electron chi connectivity index (χ4n) is 0.894. The molecular formula is C8H14BrF2O3P. The standard InChI is InChI=1S/C8H14BrF2O3P/c1-4-13-15(12,14-5-2)8(10,11)6-7(3)9/h3-6H2,1-2H3. The van der Waals surface area contributed by atoms with E-state index >= 15 is 0 Å². The topological polar surface area (TPSA) is 35.5 Å². The average molecular weight is 307 g/mol. The molecule has 0 aliphatic rings. The van der Waals surface area contributed by atoms with E-state index in [-0.39, 0.29) is 17.7 Å². The van der Waals surface area contributed by atoms with Crippen molar-refractivity contribution in [3.63, 3.8) is 0 Å². The first kappa shape index (κ1) is 15.2. The van der Waals surface area contributed by atoms with Crippen molar-refractivity contribution in [2.24, 2.45) is 0 Å². The van der Waals surface area contributed by atoms with Crippen LogP contribution >= 0.6 is 23.5 Å². The third-order valence-electron chi connectivity index (χ3n) is 1.40. The molecule has 3 nitrogen and oxygen atoms in total. The zero-order valence-electron chi connectivity index (χ0n) is 8.63. The molecule has 0 aliphatic carbocycles. The van der Waals surface area contributed by atoms with Gasteiger partial charge >= 0.3 is 13.3 Å². The van der Waals surface area contributed by atoms with E-state index in [9.17, 15) is 13.3 Å². The molecule has 0 aromatic carbocycles. The molecule has 0 N–H and O–H groups in total. The fourth-order valence-corrected chi connectivity index (χ4v) is 2.98. The van der Waals surface area contributed by atoms with Crippen LogP contribution in [0.15, 0.2) is 11.1 Å². The van der Waals surface area contributed by atoms with Crippen molar-refractivity contribution in [3.8, 4) is 0 Å². The largest absolute Gasteiger partial charge is 0.399 e. The van der Waals surface area contributed by atoms with Crippen molar-refractivity contribution in [1.29, 1.82) is 0 Å². The van der Waals surface area contributed by atoms with Crippen molar-refractivity contribution in [2.45, 2.75) is 25.9 Å². The van der Waals surface area contributed by atoms with E-state index in [0.717, 1.165) is 0 Å². The molecule has 0 aromatic heterocycles.